The standard InChI is InChI=1S/C28H26N8O10S3.3Na/c1-44-24-14-19(36-35-18-3-2-4-20(12-18)47-46-45-38)7-8-23(24)31-28-33-26(29-9-10-37)32-27(34-28)30-17-6-5-16-11-21(48(39)40)15-25(22(16)13-17)49(41,42)43;;;/h2-8,11-15,37-38H,9-10H2,1H3,(H,39,40)(H,41,42,43)(H3,29,30,31,32,33,34);;;/q;3*+1/p-3. The van der Waals surface area contributed by atoms with Gasteiger partial charge in [-0.2, -0.15) is 29.5 Å². The summed E-state index contributed by atoms with van der Waals surface area (Å²) < 4.78 is 68.8. The van der Waals surface area contributed by atoms with Crippen LogP contribution in [-0.2, 0) is 30.6 Å². The minimum absolute atomic E-state index is 0. The van der Waals surface area contributed by atoms with Gasteiger partial charge < -0.3 is 40.2 Å². The Balaban J connectivity index is 0.00000312. The second-order valence-corrected chi connectivity index (χ2v) is 12.6. The largest absolute Gasteiger partial charge is 1.00 e. The minimum atomic E-state index is -5.05. The molecule has 5 aromatic rings. The van der Waals surface area contributed by atoms with Gasteiger partial charge in [0.05, 0.1) is 47.7 Å². The van der Waals surface area contributed by atoms with Crippen LogP contribution in [-0.4, -0.2) is 62.1 Å². The number of azo groups is 1. The van der Waals surface area contributed by atoms with Crippen LogP contribution in [0.4, 0.5) is 40.6 Å². The van der Waals surface area contributed by atoms with Crippen LogP contribution in [0.1, 0.15) is 0 Å². The van der Waals surface area contributed by atoms with Gasteiger partial charge in [0, 0.05) is 33.5 Å². The van der Waals surface area contributed by atoms with Gasteiger partial charge in [0.1, 0.15) is 15.9 Å². The Morgan fingerprint density at radius 2 is 1.60 bits per heavy atom. The maximum absolute atomic E-state index is 12.0. The molecular formula is C28H23N8Na3O10S3. The Labute approximate surface area is 370 Å². The van der Waals surface area contributed by atoms with Crippen LogP contribution in [0.5, 0.6) is 5.75 Å². The number of ether oxygens (including phenoxy) is 1. The molecule has 4 N–H and O–H groups in total. The molecule has 0 aliphatic rings. The smallest absolute Gasteiger partial charge is 0.768 e. The fraction of sp³-hybridized carbons (Fsp3) is 0.107. The van der Waals surface area contributed by atoms with Crippen molar-refractivity contribution in [2.24, 2.45) is 10.2 Å². The van der Waals surface area contributed by atoms with E-state index in [1.54, 1.807) is 42.5 Å². The first kappa shape index (κ1) is 46.3. The molecule has 0 saturated heterocycles. The van der Waals surface area contributed by atoms with Gasteiger partial charge in [-0.05, 0) is 71.1 Å². The average molecular weight is 797 g/mol. The topological polar surface area (TPSA) is 268 Å². The SMILES string of the molecule is COc1cc(N=Nc2cccc(SOO[O-])c2)ccc1Nc1nc(NCCO)nc(Nc2ccc3cc(S(=O)[O-])cc(S(=O)(=O)[O-])c3c2)n1.[Na+].[Na+].[Na+]. The van der Waals surface area contributed by atoms with Gasteiger partial charge in [-0.25, -0.2) is 8.42 Å². The summed E-state index contributed by atoms with van der Waals surface area (Å²) in [4.78, 5) is 12.5. The van der Waals surface area contributed by atoms with E-state index in [2.05, 4.69) is 50.5 Å². The third kappa shape index (κ3) is 12.9. The molecular weight excluding hydrogens is 774 g/mol. The van der Waals surface area contributed by atoms with Crippen LogP contribution in [0.25, 0.3) is 10.8 Å². The molecule has 0 saturated carbocycles. The molecule has 0 spiro atoms. The summed E-state index contributed by atoms with van der Waals surface area (Å²) in [6, 6.07) is 17.9. The Morgan fingerprint density at radius 1 is 0.904 bits per heavy atom. The Kier molecular flexibility index (Phi) is 19.5. The van der Waals surface area contributed by atoms with E-state index in [0.717, 1.165) is 18.1 Å². The van der Waals surface area contributed by atoms with E-state index in [1.165, 1.54) is 31.4 Å². The van der Waals surface area contributed by atoms with Crippen molar-refractivity contribution < 1.29 is 135 Å². The molecule has 256 valence electrons. The molecule has 1 unspecified atom stereocenters. The van der Waals surface area contributed by atoms with Crippen LogP contribution in [0.15, 0.2) is 97.7 Å². The number of aromatic nitrogens is 3. The predicted octanol–water partition coefficient (Wildman–Crippen LogP) is -5.28. The number of rotatable bonds is 15. The second-order valence-electron chi connectivity index (χ2n) is 9.55. The Hall–Kier alpha value is -1.84. The maximum Gasteiger partial charge on any atom is 1.00 e. The van der Waals surface area contributed by atoms with Crippen molar-refractivity contribution in [1.82, 2.24) is 15.0 Å². The molecule has 24 heteroatoms. The number of aliphatic hydroxyl groups excluding tert-OH is 1. The molecule has 0 radical (unpaired) electrons. The molecule has 1 aromatic heterocycles. The number of anilines is 5. The van der Waals surface area contributed by atoms with E-state index in [1.807, 2.05) is 0 Å². The van der Waals surface area contributed by atoms with Gasteiger partial charge in [-0.3, -0.25) is 9.25 Å². The van der Waals surface area contributed by atoms with Gasteiger partial charge in [0.15, 0.2) is 0 Å². The number of hydrogen-bond acceptors (Lipinski definition) is 19. The summed E-state index contributed by atoms with van der Waals surface area (Å²) in [5.41, 5.74) is 1.62. The van der Waals surface area contributed by atoms with Crippen molar-refractivity contribution in [3.8, 4) is 5.75 Å². The van der Waals surface area contributed by atoms with E-state index in [4.69, 9.17) is 4.74 Å². The van der Waals surface area contributed by atoms with E-state index in [0.29, 0.717) is 27.7 Å². The fourth-order valence-electron chi connectivity index (χ4n) is 4.27. The van der Waals surface area contributed by atoms with Crippen molar-refractivity contribution in [2.45, 2.75) is 14.7 Å². The number of fused-ring (bicyclic) bond motifs is 1. The first-order valence-electron chi connectivity index (χ1n) is 13.7. The van der Waals surface area contributed by atoms with Crippen molar-refractivity contribution >= 4 is 84.6 Å². The van der Waals surface area contributed by atoms with Crippen LogP contribution < -0.4 is 115 Å². The molecule has 0 bridgehead atoms. The zero-order chi connectivity index (χ0) is 35.0. The average Bonchev–Trinajstić information content (AvgIpc) is 3.08. The molecule has 4 aromatic carbocycles. The molecule has 0 amide bonds. The molecule has 18 nitrogen and oxygen atoms in total. The van der Waals surface area contributed by atoms with Gasteiger partial charge in [0.2, 0.25) is 17.8 Å². The van der Waals surface area contributed by atoms with E-state index >= 15 is 0 Å². The van der Waals surface area contributed by atoms with Gasteiger partial charge in [-0.15, -0.1) is 0 Å². The quantitative estimate of drug-likeness (QED) is 0.0147. The third-order valence-corrected chi connectivity index (χ3v) is 8.39. The zero-order valence-corrected chi connectivity index (χ0v) is 36.4. The first-order valence-corrected chi connectivity index (χ1v) is 16.9. The van der Waals surface area contributed by atoms with Gasteiger partial charge in [0.25, 0.3) is 0 Å². The molecule has 52 heavy (non-hydrogen) atoms. The minimum Gasteiger partial charge on any atom is -0.768 e. The van der Waals surface area contributed by atoms with Gasteiger partial charge >= 0.3 is 88.7 Å². The van der Waals surface area contributed by atoms with Crippen molar-refractivity contribution in [2.75, 3.05) is 36.2 Å². The zero-order valence-electron chi connectivity index (χ0n) is 27.9. The number of nitrogens with one attached hydrogen (secondary N) is 3. The monoisotopic (exact) mass is 796 g/mol. The summed E-state index contributed by atoms with van der Waals surface area (Å²) in [6.45, 7) is -0.114. The molecule has 5 rings (SSSR count). The molecule has 0 aliphatic heterocycles. The number of hydrogen-bond donors (Lipinski definition) is 4. The predicted molar refractivity (Wildman–Crippen MR) is 173 cm³/mol. The fourth-order valence-corrected chi connectivity index (χ4v) is 5.91. The van der Waals surface area contributed by atoms with Crippen LogP contribution >= 0.6 is 12.0 Å². The van der Waals surface area contributed by atoms with Crippen LogP contribution in [0.2, 0.25) is 0 Å². The summed E-state index contributed by atoms with van der Waals surface area (Å²) in [7, 11) is -3.60. The summed E-state index contributed by atoms with van der Waals surface area (Å²) in [6.07, 6.45) is 0. The number of aliphatic hydroxyl groups is 1. The normalized spacial score (nSPS) is 11.6. The van der Waals surface area contributed by atoms with Crippen molar-refractivity contribution in [3.05, 3.63) is 72.8 Å². The Bertz CT molecular complexity index is 2160. The molecule has 1 atom stereocenters. The summed E-state index contributed by atoms with van der Waals surface area (Å²) in [5, 5.41) is 40.1. The summed E-state index contributed by atoms with van der Waals surface area (Å²) in [5.74, 6) is 0.437. The molecule has 0 aliphatic carbocycles. The van der Waals surface area contributed by atoms with Crippen LogP contribution in [0.3, 0.4) is 0 Å². The van der Waals surface area contributed by atoms with Crippen molar-refractivity contribution in [1.29, 1.82) is 0 Å². The van der Waals surface area contributed by atoms with Crippen LogP contribution in [0, 0.1) is 0 Å². The number of nitrogens with zero attached hydrogens (tertiary/aromatic N) is 5. The Morgan fingerprint density at radius 3 is 2.25 bits per heavy atom. The van der Waals surface area contributed by atoms with E-state index in [-0.39, 0.29) is 141 Å². The van der Waals surface area contributed by atoms with E-state index < -0.39 is 26.1 Å². The summed E-state index contributed by atoms with van der Waals surface area (Å²) >= 11 is -2.05. The molecule has 0 fully saturated rings. The first-order chi connectivity index (χ1) is 23.6. The van der Waals surface area contributed by atoms with Gasteiger partial charge in [-0.1, -0.05) is 12.1 Å². The molecule has 1 heterocycles. The maximum atomic E-state index is 12.0. The van der Waals surface area contributed by atoms with Crippen molar-refractivity contribution in [3.63, 3.8) is 0 Å². The number of methoxy groups -OCH3 is 1. The number of benzene rings is 4. The second kappa shape index (κ2) is 21.9. The van der Waals surface area contributed by atoms with E-state index in [9.17, 15) is 32.1 Å². The third-order valence-electron chi connectivity index (χ3n) is 6.33.